The lowest BCUT2D eigenvalue weighted by atomic mass is 9.96. The van der Waals surface area contributed by atoms with E-state index in [1.54, 1.807) is 29.4 Å². The summed E-state index contributed by atoms with van der Waals surface area (Å²) in [5.41, 5.74) is 1.73. The van der Waals surface area contributed by atoms with Crippen molar-refractivity contribution in [1.82, 2.24) is 15.2 Å². The molecule has 27 heavy (non-hydrogen) atoms. The van der Waals surface area contributed by atoms with Crippen LogP contribution >= 0.6 is 0 Å². The number of nitrogens with one attached hydrogen (secondary N) is 1. The molecule has 1 fully saturated rings. The van der Waals surface area contributed by atoms with Crippen molar-refractivity contribution < 1.29 is 14.0 Å². The topological polar surface area (TPSA) is 62.3 Å². The molecule has 1 saturated heterocycles. The van der Waals surface area contributed by atoms with Crippen LogP contribution in [-0.2, 0) is 16.0 Å². The van der Waals surface area contributed by atoms with Crippen molar-refractivity contribution in [3.63, 3.8) is 0 Å². The van der Waals surface area contributed by atoms with E-state index in [-0.39, 0.29) is 36.0 Å². The second kappa shape index (κ2) is 8.75. The minimum atomic E-state index is -0.316. The second-order valence-electron chi connectivity index (χ2n) is 7.00. The molecular formula is C21H24FN3O2. The number of hydrogen-bond donors (Lipinski definition) is 1. The number of amides is 2. The zero-order chi connectivity index (χ0) is 19.2. The molecule has 0 saturated carbocycles. The molecule has 2 aromatic rings. The maximum absolute atomic E-state index is 13.0. The lowest BCUT2D eigenvalue weighted by molar-refractivity contribution is -0.135. The van der Waals surface area contributed by atoms with Crippen LogP contribution in [0.15, 0.2) is 48.8 Å². The maximum Gasteiger partial charge on any atom is 0.227 e. The Labute approximate surface area is 158 Å². The number of benzene rings is 1. The average molecular weight is 369 g/mol. The lowest BCUT2D eigenvalue weighted by Crippen LogP contribution is -2.46. The molecule has 3 rings (SSSR count). The smallest absolute Gasteiger partial charge is 0.227 e. The molecule has 2 unspecified atom stereocenters. The standard InChI is InChI=1S/C21H24FN3O2/c1-15(17-4-2-10-23-13-17)24-21(27)18-5-3-11-25(14-18)20(26)12-16-6-8-19(22)9-7-16/h2,4,6-10,13,15,18H,3,5,11-12,14H2,1H3,(H,24,27). The van der Waals surface area contributed by atoms with Crippen molar-refractivity contribution in [3.8, 4) is 0 Å². The number of piperidine rings is 1. The molecule has 1 N–H and O–H groups in total. The summed E-state index contributed by atoms with van der Waals surface area (Å²) >= 11 is 0. The fourth-order valence-electron chi connectivity index (χ4n) is 3.35. The molecule has 2 heterocycles. The van der Waals surface area contributed by atoms with Crippen LogP contribution in [0.2, 0.25) is 0 Å². The first-order valence-corrected chi connectivity index (χ1v) is 9.25. The number of nitrogens with zero attached hydrogens (tertiary/aromatic N) is 2. The van der Waals surface area contributed by atoms with Crippen molar-refractivity contribution in [2.45, 2.75) is 32.2 Å². The normalized spacial score (nSPS) is 18.0. The third kappa shape index (κ3) is 5.12. The van der Waals surface area contributed by atoms with Gasteiger partial charge < -0.3 is 10.2 Å². The number of pyridine rings is 1. The lowest BCUT2D eigenvalue weighted by Gasteiger charge is -2.32. The van der Waals surface area contributed by atoms with Gasteiger partial charge in [0, 0.05) is 25.5 Å². The Kier molecular flexibility index (Phi) is 6.16. The van der Waals surface area contributed by atoms with E-state index in [4.69, 9.17) is 0 Å². The Balaban J connectivity index is 1.55. The van der Waals surface area contributed by atoms with Crippen molar-refractivity contribution in [3.05, 3.63) is 65.7 Å². The molecule has 0 bridgehead atoms. The van der Waals surface area contributed by atoms with Gasteiger partial charge in [-0.15, -0.1) is 0 Å². The van der Waals surface area contributed by atoms with Crippen LogP contribution in [0.5, 0.6) is 0 Å². The van der Waals surface area contributed by atoms with Gasteiger partial charge in [-0.2, -0.15) is 0 Å². The third-order valence-corrected chi connectivity index (χ3v) is 4.96. The molecule has 1 aliphatic rings. The summed E-state index contributed by atoms with van der Waals surface area (Å²) < 4.78 is 13.0. The Morgan fingerprint density at radius 1 is 1.30 bits per heavy atom. The SMILES string of the molecule is CC(NC(=O)C1CCCN(C(=O)Cc2ccc(F)cc2)C1)c1cccnc1. The second-order valence-corrected chi connectivity index (χ2v) is 7.00. The first-order chi connectivity index (χ1) is 13.0. The highest BCUT2D eigenvalue weighted by molar-refractivity contribution is 5.82. The molecule has 0 aliphatic carbocycles. The quantitative estimate of drug-likeness (QED) is 0.882. The van der Waals surface area contributed by atoms with Gasteiger partial charge in [-0.1, -0.05) is 18.2 Å². The van der Waals surface area contributed by atoms with Gasteiger partial charge in [0.15, 0.2) is 0 Å². The number of carbonyl (C=O) groups excluding carboxylic acids is 2. The zero-order valence-corrected chi connectivity index (χ0v) is 15.4. The number of aromatic nitrogens is 1. The van der Waals surface area contributed by atoms with Gasteiger partial charge >= 0.3 is 0 Å². The molecule has 2 atom stereocenters. The van der Waals surface area contributed by atoms with Crippen LogP contribution in [0, 0.1) is 11.7 Å². The van der Waals surface area contributed by atoms with Gasteiger partial charge in [0.2, 0.25) is 11.8 Å². The molecule has 0 spiro atoms. The third-order valence-electron chi connectivity index (χ3n) is 4.96. The van der Waals surface area contributed by atoms with Gasteiger partial charge in [0.25, 0.3) is 0 Å². The molecule has 142 valence electrons. The molecule has 1 aromatic carbocycles. The van der Waals surface area contributed by atoms with Gasteiger partial charge in [-0.3, -0.25) is 14.6 Å². The summed E-state index contributed by atoms with van der Waals surface area (Å²) in [6.07, 6.45) is 5.23. The van der Waals surface area contributed by atoms with E-state index in [9.17, 15) is 14.0 Å². The number of rotatable bonds is 5. The summed E-state index contributed by atoms with van der Waals surface area (Å²) in [4.78, 5) is 31.0. The van der Waals surface area contributed by atoms with Crippen LogP contribution in [-0.4, -0.2) is 34.8 Å². The van der Waals surface area contributed by atoms with Crippen molar-refractivity contribution in [2.75, 3.05) is 13.1 Å². The first-order valence-electron chi connectivity index (χ1n) is 9.25. The van der Waals surface area contributed by atoms with Crippen molar-refractivity contribution in [1.29, 1.82) is 0 Å². The fourth-order valence-corrected chi connectivity index (χ4v) is 3.35. The number of carbonyl (C=O) groups is 2. The molecule has 1 aromatic heterocycles. The molecular weight excluding hydrogens is 345 g/mol. The monoisotopic (exact) mass is 369 g/mol. The van der Waals surface area contributed by atoms with Crippen molar-refractivity contribution >= 4 is 11.8 Å². The molecule has 5 nitrogen and oxygen atoms in total. The summed E-state index contributed by atoms with van der Waals surface area (Å²) in [5.74, 6) is -0.594. The highest BCUT2D eigenvalue weighted by Gasteiger charge is 2.29. The van der Waals surface area contributed by atoms with Crippen LogP contribution in [0.25, 0.3) is 0 Å². The number of hydrogen-bond acceptors (Lipinski definition) is 3. The zero-order valence-electron chi connectivity index (χ0n) is 15.4. The van der Waals surface area contributed by atoms with E-state index in [0.717, 1.165) is 24.0 Å². The first kappa shape index (κ1) is 19.0. The molecule has 0 radical (unpaired) electrons. The Morgan fingerprint density at radius 2 is 2.07 bits per heavy atom. The highest BCUT2D eigenvalue weighted by Crippen LogP contribution is 2.20. The molecule has 1 aliphatic heterocycles. The van der Waals surface area contributed by atoms with Crippen molar-refractivity contribution in [2.24, 2.45) is 5.92 Å². The largest absolute Gasteiger partial charge is 0.349 e. The average Bonchev–Trinajstić information content (AvgIpc) is 2.70. The summed E-state index contributed by atoms with van der Waals surface area (Å²) in [6, 6.07) is 9.60. The summed E-state index contributed by atoms with van der Waals surface area (Å²) in [5, 5.41) is 3.02. The fraction of sp³-hybridized carbons (Fsp3) is 0.381. The van der Waals surface area contributed by atoms with E-state index in [1.165, 1.54) is 12.1 Å². The van der Waals surface area contributed by atoms with Crippen LogP contribution in [0.1, 0.15) is 36.9 Å². The van der Waals surface area contributed by atoms with Gasteiger partial charge in [0.05, 0.1) is 18.4 Å². The number of likely N-dealkylation sites (tertiary alicyclic amines) is 1. The maximum atomic E-state index is 13.0. The van der Waals surface area contributed by atoms with E-state index >= 15 is 0 Å². The minimum absolute atomic E-state index is 0.0283. The van der Waals surface area contributed by atoms with Crippen LogP contribution in [0.4, 0.5) is 4.39 Å². The number of halogens is 1. The van der Waals surface area contributed by atoms with E-state index < -0.39 is 0 Å². The van der Waals surface area contributed by atoms with Gasteiger partial charge in [-0.25, -0.2) is 4.39 Å². The summed E-state index contributed by atoms with van der Waals surface area (Å²) in [7, 11) is 0. The molecule has 6 heteroatoms. The Hall–Kier alpha value is -2.76. The Bertz CT molecular complexity index is 780. The van der Waals surface area contributed by atoms with E-state index in [1.807, 2.05) is 19.1 Å². The van der Waals surface area contributed by atoms with Gasteiger partial charge in [0.1, 0.15) is 5.82 Å². The van der Waals surface area contributed by atoms with E-state index in [2.05, 4.69) is 10.3 Å². The van der Waals surface area contributed by atoms with E-state index in [0.29, 0.717) is 13.1 Å². The molecule has 2 amide bonds. The van der Waals surface area contributed by atoms with Gasteiger partial charge in [-0.05, 0) is 49.1 Å². The van der Waals surface area contributed by atoms with Crippen LogP contribution < -0.4 is 5.32 Å². The van der Waals surface area contributed by atoms with Crippen LogP contribution in [0.3, 0.4) is 0 Å². The highest BCUT2D eigenvalue weighted by atomic mass is 19.1. The Morgan fingerprint density at radius 3 is 2.78 bits per heavy atom. The predicted octanol–water partition coefficient (Wildman–Crippen LogP) is 2.88. The summed E-state index contributed by atoms with van der Waals surface area (Å²) in [6.45, 7) is 3.00. The predicted molar refractivity (Wildman–Crippen MR) is 100 cm³/mol. The minimum Gasteiger partial charge on any atom is -0.349 e.